The summed E-state index contributed by atoms with van der Waals surface area (Å²) in [6.45, 7) is 2.23. The molecule has 2 unspecified atom stereocenters. The van der Waals surface area contributed by atoms with Crippen molar-refractivity contribution in [3.05, 3.63) is 28.8 Å². The molecule has 1 aromatic carbocycles. The van der Waals surface area contributed by atoms with Crippen LogP contribution in [0.15, 0.2) is 18.2 Å². The van der Waals surface area contributed by atoms with E-state index in [1.54, 1.807) is 18.2 Å². The van der Waals surface area contributed by atoms with Gasteiger partial charge in [-0.05, 0) is 37.0 Å². The van der Waals surface area contributed by atoms with Gasteiger partial charge in [-0.15, -0.1) is 0 Å². The molecule has 0 aromatic heterocycles. The summed E-state index contributed by atoms with van der Waals surface area (Å²) in [5, 5.41) is 4.05. The fourth-order valence-electron chi connectivity index (χ4n) is 2.48. The fraction of sp³-hybridized carbons (Fsp3) is 0.500. The molecular formula is C14H18ClNO2. The molecule has 0 bridgehead atoms. The molecule has 2 atom stereocenters. The van der Waals surface area contributed by atoms with Gasteiger partial charge >= 0.3 is 5.97 Å². The summed E-state index contributed by atoms with van der Waals surface area (Å²) in [5.41, 5.74) is 1.31. The second-order valence-electron chi connectivity index (χ2n) is 4.84. The molecule has 0 spiro atoms. The van der Waals surface area contributed by atoms with Crippen LogP contribution in [-0.2, 0) is 4.74 Å². The van der Waals surface area contributed by atoms with Gasteiger partial charge in [0.2, 0.25) is 0 Å². The molecule has 1 N–H and O–H groups in total. The summed E-state index contributed by atoms with van der Waals surface area (Å²) in [4.78, 5) is 11.7. The van der Waals surface area contributed by atoms with Crippen LogP contribution in [0.1, 0.15) is 36.5 Å². The number of anilines is 1. The van der Waals surface area contributed by atoms with Gasteiger partial charge in [-0.1, -0.05) is 24.9 Å². The molecule has 0 saturated heterocycles. The van der Waals surface area contributed by atoms with E-state index in [4.69, 9.17) is 16.3 Å². The highest BCUT2D eigenvalue weighted by Gasteiger charge is 2.24. The normalized spacial score (nSPS) is 22.8. The van der Waals surface area contributed by atoms with Crippen molar-refractivity contribution in [2.24, 2.45) is 5.92 Å². The lowest BCUT2D eigenvalue weighted by molar-refractivity contribution is 0.0602. The van der Waals surface area contributed by atoms with E-state index >= 15 is 0 Å². The number of benzene rings is 1. The molecule has 3 nitrogen and oxygen atoms in total. The minimum absolute atomic E-state index is 0.334. The lowest BCUT2D eigenvalue weighted by Gasteiger charge is -2.20. The Morgan fingerprint density at radius 1 is 1.44 bits per heavy atom. The maximum Gasteiger partial charge on any atom is 0.339 e. The zero-order valence-electron chi connectivity index (χ0n) is 10.7. The van der Waals surface area contributed by atoms with E-state index in [9.17, 15) is 4.79 Å². The van der Waals surface area contributed by atoms with Crippen LogP contribution < -0.4 is 5.32 Å². The SMILES string of the molecule is COC(=O)c1ccc(Cl)cc1NC1CCCC1C. The summed E-state index contributed by atoms with van der Waals surface area (Å²) in [7, 11) is 1.39. The standard InChI is InChI=1S/C14H18ClNO2/c1-9-4-3-5-12(9)16-13-8-10(15)6-7-11(13)14(17)18-2/h6-9,12,16H,3-5H2,1-2H3. The van der Waals surface area contributed by atoms with E-state index in [1.165, 1.54) is 20.0 Å². The van der Waals surface area contributed by atoms with Gasteiger partial charge < -0.3 is 10.1 Å². The van der Waals surface area contributed by atoms with Crippen LogP contribution in [0.3, 0.4) is 0 Å². The predicted molar refractivity (Wildman–Crippen MR) is 73.2 cm³/mol. The maximum atomic E-state index is 11.7. The monoisotopic (exact) mass is 267 g/mol. The quantitative estimate of drug-likeness (QED) is 0.848. The smallest absolute Gasteiger partial charge is 0.339 e. The maximum absolute atomic E-state index is 11.7. The Kier molecular flexibility index (Phi) is 4.12. The average molecular weight is 268 g/mol. The fourth-order valence-corrected chi connectivity index (χ4v) is 2.66. The Labute approximate surface area is 112 Å². The third-order valence-corrected chi connectivity index (χ3v) is 3.82. The summed E-state index contributed by atoms with van der Waals surface area (Å²) in [5.74, 6) is 0.286. The highest BCUT2D eigenvalue weighted by atomic mass is 35.5. The molecular weight excluding hydrogens is 250 g/mol. The van der Waals surface area contributed by atoms with E-state index in [2.05, 4.69) is 12.2 Å². The minimum atomic E-state index is -0.334. The third-order valence-electron chi connectivity index (χ3n) is 3.59. The van der Waals surface area contributed by atoms with Crippen LogP contribution in [0.25, 0.3) is 0 Å². The van der Waals surface area contributed by atoms with Crippen molar-refractivity contribution < 1.29 is 9.53 Å². The Bertz CT molecular complexity index is 447. The van der Waals surface area contributed by atoms with E-state index in [0.717, 1.165) is 12.1 Å². The van der Waals surface area contributed by atoms with Crippen molar-refractivity contribution in [3.8, 4) is 0 Å². The lowest BCUT2D eigenvalue weighted by atomic mass is 10.1. The molecule has 0 aliphatic heterocycles. The minimum Gasteiger partial charge on any atom is -0.465 e. The number of methoxy groups -OCH3 is 1. The molecule has 1 aliphatic carbocycles. The summed E-state index contributed by atoms with van der Waals surface area (Å²) in [6.07, 6.45) is 3.59. The van der Waals surface area contributed by atoms with E-state index in [0.29, 0.717) is 22.5 Å². The van der Waals surface area contributed by atoms with Gasteiger partial charge in [0.15, 0.2) is 0 Å². The van der Waals surface area contributed by atoms with E-state index < -0.39 is 0 Å². The molecule has 0 radical (unpaired) electrons. The number of esters is 1. The molecule has 1 saturated carbocycles. The van der Waals surface area contributed by atoms with Crippen LogP contribution in [0, 0.1) is 5.92 Å². The van der Waals surface area contributed by atoms with Gasteiger partial charge in [0, 0.05) is 11.1 Å². The molecule has 1 aliphatic rings. The van der Waals surface area contributed by atoms with Crippen molar-refractivity contribution in [2.75, 3.05) is 12.4 Å². The predicted octanol–water partition coefficient (Wildman–Crippen LogP) is 3.73. The molecule has 2 rings (SSSR count). The number of halogens is 1. The van der Waals surface area contributed by atoms with Gasteiger partial charge in [-0.2, -0.15) is 0 Å². The largest absolute Gasteiger partial charge is 0.465 e. The first-order chi connectivity index (χ1) is 8.61. The molecule has 1 fully saturated rings. The number of carbonyl (C=O) groups excluding carboxylic acids is 1. The zero-order valence-corrected chi connectivity index (χ0v) is 11.5. The first-order valence-electron chi connectivity index (χ1n) is 6.26. The van der Waals surface area contributed by atoms with Crippen LogP contribution in [-0.4, -0.2) is 19.1 Å². The first kappa shape index (κ1) is 13.2. The van der Waals surface area contributed by atoms with Crippen molar-refractivity contribution in [1.82, 2.24) is 0 Å². The van der Waals surface area contributed by atoms with Crippen LogP contribution in [0.4, 0.5) is 5.69 Å². The summed E-state index contributed by atoms with van der Waals surface area (Å²) >= 11 is 5.99. The summed E-state index contributed by atoms with van der Waals surface area (Å²) in [6, 6.07) is 5.61. The van der Waals surface area contributed by atoms with Crippen molar-refractivity contribution in [2.45, 2.75) is 32.2 Å². The second kappa shape index (κ2) is 5.61. The van der Waals surface area contributed by atoms with Crippen LogP contribution in [0.2, 0.25) is 5.02 Å². The molecule has 98 valence electrons. The summed E-state index contributed by atoms with van der Waals surface area (Å²) < 4.78 is 4.79. The molecule has 0 amide bonds. The lowest BCUT2D eigenvalue weighted by Crippen LogP contribution is -2.23. The number of ether oxygens (including phenoxy) is 1. The number of nitrogens with one attached hydrogen (secondary N) is 1. The van der Waals surface area contributed by atoms with Crippen molar-refractivity contribution in [3.63, 3.8) is 0 Å². The molecule has 18 heavy (non-hydrogen) atoms. The van der Waals surface area contributed by atoms with E-state index in [-0.39, 0.29) is 5.97 Å². The number of carbonyl (C=O) groups is 1. The van der Waals surface area contributed by atoms with E-state index in [1.807, 2.05) is 0 Å². The molecule has 1 aromatic rings. The average Bonchev–Trinajstić information content (AvgIpc) is 2.74. The number of hydrogen-bond acceptors (Lipinski definition) is 3. The molecule has 4 heteroatoms. The van der Waals surface area contributed by atoms with Gasteiger partial charge in [0.25, 0.3) is 0 Å². The highest BCUT2D eigenvalue weighted by Crippen LogP contribution is 2.30. The van der Waals surface area contributed by atoms with Gasteiger partial charge in [-0.3, -0.25) is 0 Å². The number of hydrogen-bond donors (Lipinski definition) is 1. The van der Waals surface area contributed by atoms with Crippen LogP contribution in [0.5, 0.6) is 0 Å². The second-order valence-corrected chi connectivity index (χ2v) is 5.28. The van der Waals surface area contributed by atoms with Crippen molar-refractivity contribution >= 4 is 23.3 Å². The van der Waals surface area contributed by atoms with Gasteiger partial charge in [-0.25, -0.2) is 4.79 Å². The van der Waals surface area contributed by atoms with Crippen LogP contribution >= 0.6 is 11.6 Å². The topological polar surface area (TPSA) is 38.3 Å². The van der Waals surface area contributed by atoms with Gasteiger partial charge in [0.05, 0.1) is 18.4 Å². The number of rotatable bonds is 3. The zero-order chi connectivity index (χ0) is 13.1. The Morgan fingerprint density at radius 2 is 2.22 bits per heavy atom. The first-order valence-corrected chi connectivity index (χ1v) is 6.64. The Balaban J connectivity index is 2.24. The Morgan fingerprint density at radius 3 is 2.83 bits per heavy atom. The van der Waals surface area contributed by atoms with Crippen molar-refractivity contribution in [1.29, 1.82) is 0 Å². The van der Waals surface area contributed by atoms with Gasteiger partial charge in [0.1, 0.15) is 0 Å². The Hall–Kier alpha value is -1.22. The highest BCUT2D eigenvalue weighted by molar-refractivity contribution is 6.31. The molecule has 0 heterocycles. The third kappa shape index (κ3) is 2.78.